The Hall–Kier alpha value is -8.21. The summed E-state index contributed by atoms with van der Waals surface area (Å²) in [6.45, 7) is 4.68. The van der Waals surface area contributed by atoms with Crippen molar-refractivity contribution in [3.63, 3.8) is 0 Å². The molecule has 0 N–H and O–H groups in total. The van der Waals surface area contributed by atoms with Gasteiger partial charge in [-0.3, -0.25) is 0 Å². The van der Waals surface area contributed by atoms with Gasteiger partial charge >= 0.3 is 0 Å². The minimum Gasteiger partial charge on any atom is -0.455 e. The molecular weight excluding hydrogens is 779 g/mol. The quantitative estimate of drug-likeness (QED) is 0.161. The van der Waals surface area contributed by atoms with Gasteiger partial charge in [0.25, 0.3) is 0 Å². The fourth-order valence-electron chi connectivity index (χ4n) is 9.76. The number of benzene rings is 9. The Morgan fingerprint density at radius 2 is 0.828 bits per heavy atom. The van der Waals surface area contributed by atoms with Crippen LogP contribution in [0.25, 0.3) is 112 Å². The molecule has 0 bridgehead atoms. The minimum absolute atomic E-state index is 0.0760. The first-order chi connectivity index (χ1) is 31.5. The van der Waals surface area contributed by atoms with Gasteiger partial charge in [-0.2, -0.15) is 0 Å². The fraction of sp³-hybridized carbons (Fsp3) is 0.0500. The summed E-state index contributed by atoms with van der Waals surface area (Å²) in [7, 11) is 0. The van der Waals surface area contributed by atoms with Crippen LogP contribution in [-0.4, -0.2) is 15.0 Å². The van der Waals surface area contributed by atoms with E-state index in [0.717, 1.165) is 60.9 Å². The summed E-state index contributed by atoms with van der Waals surface area (Å²) in [6, 6.07) is 75.3. The van der Waals surface area contributed by atoms with Gasteiger partial charge in [0.05, 0.1) is 5.56 Å². The van der Waals surface area contributed by atoms with Crippen molar-refractivity contribution in [3.05, 3.63) is 223 Å². The number of hydrogen-bond donors (Lipinski definition) is 0. The first-order valence-corrected chi connectivity index (χ1v) is 21.8. The van der Waals surface area contributed by atoms with Crippen LogP contribution in [0.5, 0.6) is 0 Å². The molecule has 4 nitrogen and oxygen atoms in total. The molecule has 64 heavy (non-hydrogen) atoms. The molecule has 0 aliphatic heterocycles. The van der Waals surface area contributed by atoms with Crippen LogP contribution in [-0.2, 0) is 5.41 Å². The molecule has 0 spiro atoms. The fourth-order valence-corrected chi connectivity index (χ4v) is 9.76. The summed E-state index contributed by atoms with van der Waals surface area (Å²) in [4.78, 5) is 15.3. The number of para-hydroxylation sites is 2. The predicted octanol–water partition coefficient (Wildman–Crippen LogP) is 15.7. The van der Waals surface area contributed by atoms with E-state index in [9.17, 15) is 0 Å². The molecule has 0 radical (unpaired) electrons. The Balaban J connectivity index is 1.04. The van der Waals surface area contributed by atoms with E-state index < -0.39 is 0 Å². The lowest BCUT2D eigenvalue weighted by molar-refractivity contribution is 0.660. The molecular formula is C60H41N3O. The van der Waals surface area contributed by atoms with Gasteiger partial charge in [-0.05, 0) is 97.1 Å². The van der Waals surface area contributed by atoms with Crippen LogP contribution in [0.15, 0.2) is 217 Å². The van der Waals surface area contributed by atoms with Crippen LogP contribution in [0, 0.1) is 0 Å². The molecule has 2 heterocycles. The molecule has 9 aromatic carbocycles. The molecule has 12 rings (SSSR count). The molecule has 2 aromatic heterocycles. The minimum atomic E-state index is -0.0760. The molecule has 0 saturated carbocycles. The summed E-state index contributed by atoms with van der Waals surface area (Å²) in [5.74, 6) is 1.75. The van der Waals surface area contributed by atoms with Crippen molar-refractivity contribution in [2.45, 2.75) is 19.3 Å². The van der Waals surface area contributed by atoms with Crippen molar-refractivity contribution in [1.29, 1.82) is 0 Å². The number of rotatable bonds is 7. The second-order valence-corrected chi connectivity index (χ2v) is 17.1. The van der Waals surface area contributed by atoms with Crippen LogP contribution >= 0.6 is 0 Å². The standard InChI is InChI=1S/C60H41N3O/c1-60(2)52-27-14-12-23-45(52)51-35-43(33-34-53(51)60)50-37-44(38-17-6-3-7-18-38)36-49(55(50)40-19-8-4-9-20-40)39-29-31-42(32-30-39)58-61-57(41-21-10-5-11-22-41)62-59(63-58)48-26-16-25-47-46-24-13-15-28-54(46)64-56(47)48/h3-37H,1-2H3. The zero-order valence-electron chi connectivity index (χ0n) is 35.5. The number of fused-ring (bicyclic) bond motifs is 6. The number of hydrogen-bond acceptors (Lipinski definition) is 4. The van der Waals surface area contributed by atoms with E-state index in [1.54, 1.807) is 0 Å². The zero-order valence-corrected chi connectivity index (χ0v) is 35.5. The van der Waals surface area contributed by atoms with Gasteiger partial charge in [0, 0.05) is 27.3 Å². The Bertz CT molecular complexity index is 3560. The third-order valence-corrected chi connectivity index (χ3v) is 13.0. The largest absolute Gasteiger partial charge is 0.455 e. The molecule has 0 unspecified atom stereocenters. The van der Waals surface area contributed by atoms with E-state index in [4.69, 9.17) is 19.4 Å². The summed E-state index contributed by atoms with van der Waals surface area (Å²) >= 11 is 0. The topological polar surface area (TPSA) is 51.8 Å². The van der Waals surface area contributed by atoms with Crippen molar-refractivity contribution in [1.82, 2.24) is 15.0 Å². The molecule has 11 aromatic rings. The molecule has 302 valence electrons. The molecule has 1 aliphatic carbocycles. The van der Waals surface area contributed by atoms with Crippen LogP contribution in [0.4, 0.5) is 0 Å². The van der Waals surface area contributed by atoms with Gasteiger partial charge in [0.15, 0.2) is 17.5 Å². The Kier molecular flexibility index (Phi) is 8.80. The van der Waals surface area contributed by atoms with Crippen LogP contribution in [0.2, 0.25) is 0 Å². The number of furan rings is 1. The molecule has 4 heteroatoms. The third kappa shape index (κ3) is 6.26. The highest BCUT2D eigenvalue weighted by Crippen LogP contribution is 2.51. The van der Waals surface area contributed by atoms with E-state index >= 15 is 0 Å². The van der Waals surface area contributed by atoms with Crippen LogP contribution < -0.4 is 0 Å². The summed E-state index contributed by atoms with van der Waals surface area (Å²) in [5, 5.41) is 2.09. The average Bonchev–Trinajstić information content (AvgIpc) is 3.86. The van der Waals surface area contributed by atoms with Gasteiger partial charge < -0.3 is 4.42 Å². The maximum atomic E-state index is 6.47. The number of nitrogens with zero attached hydrogens (tertiary/aromatic N) is 3. The smallest absolute Gasteiger partial charge is 0.167 e. The van der Waals surface area contributed by atoms with Crippen molar-refractivity contribution in [3.8, 4) is 89.8 Å². The second-order valence-electron chi connectivity index (χ2n) is 17.1. The predicted molar refractivity (Wildman–Crippen MR) is 263 cm³/mol. The van der Waals surface area contributed by atoms with Gasteiger partial charge in [-0.1, -0.05) is 196 Å². The highest BCUT2D eigenvalue weighted by atomic mass is 16.3. The van der Waals surface area contributed by atoms with Crippen molar-refractivity contribution in [2.24, 2.45) is 0 Å². The summed E-state index contributed by atoms with van der Waals surface area (Å²) < 4.78 is 6.47. The van der Waals surface area contributed by atoms with Gasteiger partial charge in [0.1, 0.15) is 11.2 Å². The van der Waals surface area contributed by atoms with Gasteiger partial charge in [-0.15, -0.1) is 0 Å². The van der Waals surface area contributed by atoms with Crippen LogP contribution in [0.1, 0.15) is 25.0 Å². The monoisotopic (exact) mass is 819 g/mol. The first-order valence-electron chi connectivity index (χ1n) is 21.8. The molecule has 1 aliphatic rings. The first kappa shape index (κ1) is 37.5. The maximum absolute atomic E-state index is 6.47. The highest BCUT2D eigenvalue weighted by Gasteiger charge is 2.35. The Labute approximate surface area is 372 Å². The van der Waals surface area contributed by atoms with E-state index in [0.29, 0.717) is 17.5 Å². The van der Waals surface area contributed by atoms with Gasteiger partial charge in [0.2, 0.25) is 0 Å². The Morgan fingerprint density at radius 3 is 1.56 bits per heavy atom. The maximum Gasteiger partial charge on any atom is 0.167 e. The number of aromatic nitrogens is 3. The molecule has 0 fully saturated rings. The highest BCUT2D eigenvalue weighted by molar-refractivity contribution is 6.09. The summed E-state index contributed by atoms with van der Waals surface area (Å²) in [6.07, 6.45) is 0. The lowest BCUT2D eigenvalue weighted by atomic mass is 9.81. The van der Waals surface area contributed by atoms with E-state index in [1.807, 2.05) is 60.7 Å². The van der Waals surface area contributed by atoms with Gasteiger partial charge in [-0.25, -0.2) is 15.0 Å². The normalized spacial score (nSPS) is 12.7. The van der Waals surface area contributed by atoms with E-state index in [-0.39, 0.29) is 5.41 Å². The van der Waals surface area contributed by atoms with Crippen molar-refractivity contribution < 1.29 is 4.42 Å². The summed E-state index contributed by atoms with van der Waals surface area (Å²) in [5.41, 5.74) is 18.8. The average molecular weight is 820 g/mol. The Morgan fingerprint density at radius 1 is 0.328 bits per heavy atom. The zero-order chi connectivity index (χ0) is 42.8. The lowest BCUT2D eigenvalue weighted by Gasteiger charge is -2.22. The molecule has 0 atom stereocenters. The second kappa shape index (κ2) is 15.0. The van der Waals surface area contributed by atoms with E-state index in [1.165, 1.54) is 44.5 Å². The SMILES string of the molecule is CC1(C)c2ccccc2-c2cc(-c3cc(-c4ccccc4)cc(-c4ccc(-c5nc(-c6ccccc6)nc(-c6cccc7c6oc6ccccc67)n5)cc4)c3-c3ccccc3)ccc21. The molecule has 0 saturated heterocycles. The van der Waals surface area contributed by atoms with E-state index in [2.05, 4.69) is 166 Å². The van der Waals surface area contributed by atoms with Crippen molar-refractivity contribution in [2.75, 3.05) is 0 Å². The van der Waals surface area contributed by atoms with Crippen LogP contribution in [0.3, 0.4) is 0 Å². The third-order valence-electron chi connectivity index (χ3n) is 13.0. The molecule has 0 amide bonds. The van der Waals surface area contributed by atoms with Crippen molar-refractivity contribution >= 4 is 21.9 Å². The lowest BCUT2D eigenvalue weighted by Crippen LogP contribution is -2.14.